The monoisotopic (exact) mass is 516 g/mol. The number of nitrogens with zero attached hydrogens (tertiary/aromatic N) is 1. The summed E-state index contributed by atoms with van der Waals surface area (Å²) in [5.41, 5.74) is 3.04. The summed E-state index contributed by atoms with van der Waals surface area (Å²) in [6.45, 7) is 5.39. The Hall–Kier alpha value is -3.64. The summed E-state index contributed by atoms with van der Waals surface area (Å²) in [4.78, 5) is 29.1. The molecule has 0 bridgehead atoms. The lowest BCUT2D eigenvalue weighted by atomic mass is 10.0. The average Bonchev–Trinajstić information content (AvgIpc) is 2.94. The summed E-state index contributed by atoms with van der Waals surface area (Å²) < 4.78 is 10.9. The molecule has 0 heterocycles. The molecule has 6 heteroatoms. The molecule has 3 rings (SSSR count). The average molecular weight is 517 g/mol. The topological polar surface area (TPSA) is 67.9 Å². The molecule has 0 saturated carbocycles. The van der Waals surface area contributed by atoms with Crippen LogP contribution in [0, 0.1) is 0 Å². The van der Waals surface area contributed by atoms with Crippen LogP contribution in [0.4, 0.5) is 0 Å². The summed E-state index contributed by atoms with van der Waals surface area (Å²) >= 11 is 0. The number of amides is 2. The molecule has 0 aliphatic carbocycles. The van der Waals surface area contributed by atoms with E-state index in [4.69, 9.17) is 9.47 Å². The second-order valence-electron chi connectivity index (χ2n) is 9.62. The van der Waals surface area contributed by atoms with Gasteiger partial charge in [0.05, 0.1) is 13.2 Å². The van der Waals surface area contributed by atoms with Crippen molar-refractivity contribution in [3.05, 3.63) is 102 Å². The zero-order chi connectivity index (χ0) is 27.2. The van der Waals surface area contributed by atoms with Crippen molar-refractivity contribution in [2.45, 2.75) is 58.2 Å². The van der Waals surface area contributed by atoms with Gasteiger partial charge in [-0.25, -0.2) is 0 Å². The minimum Gasteiger partial charge on any atom is -0.497 e. The van der Waals surface area contributed by atoms with E-state index < -0.39 is 6.04 Å². The smallest absolute Gasteiger partial charge is 0.243 e. The number of ether oxygens (including phenoxy) is 2. The Kier molecular flexibility index (Phi) is 11.9. The van der Waals surface area contributed by atoms with Crippen LogP contribution in [-0.2, 0) is 33.7 Å². The van der Waals surface area contributed by atoms with Gasteiger partial charge in [-0.2, -0.15) is 0 Å². The summed E-state index contributed by atoms with van der Waals surface area (Å²) in [5, 5.41) is 3.06. The molecule has 1 unspecified atom stereocenters. The molecule has 3 aromatic rings. The highest BCUT2D eigenvalue weighted by Crippen LogP contribution is 2.19. The number of aryl methyl sites for hydroxylation is 1. The zero-order valence-electron chi connectivity index (χ0n) is 22.8. The van der Waals surface area contributed by atoms with Crippen molar-refractivity contribution in [1.82, 2.24) is 10.2 Å². The minimum absolute atomic E-state index is 0.0520. The standard InChI is InChI=1S/C32H40N2O4/c1-25(2)38-22-10-21-33-32(36)30(23-27-13-8-5-9-14-27)34(24-28-15-18-29(37-3)19-16-28)31(35)20-17-26-11-6-4-7-12-26/h4-9,11-16,18-19,25,30H,10,17,20-24H2,1-3H3,(H,33,36). The van der Waals surface area contributed by atoms with Crippen LogP contribution in [0.2, 0.25) is 0 Å². The van der Waals surface area contributed by atoms with Crippen LogP contribution >= 0.6 is 0 Å². The predicted octanol–water partition coefficient (Wildman–Crippen LogP) is 5.20. The zero-order valence-corrected chi connectivity index (χ0v) is 22.8. The molecule has 3 aromatic carbocycles. The molecule has 0 fully saturated rings. The maximum atomic E-state index is 13.7. The summed E-state index contributed by atoms with van der Waals surface area (Å²) in [5.74, 6) is 0.543. The van der Waals surface area contributed by atoms with Crippen LogP contribution in [0.5, 0.6) is 5.75 Å². The van der Waals surface area contributed by atoms with Gasteiger partial charge in [-0.1, -0.05) is 72.8 Å². The second kappa shape index (κ2) is 15.6. The number of hydrogen-bond donors (Lipinski definition) is 1. The first-order valence-electron chi connectivity index (χ1n) is 13.4. The summed E-state index contributed by atoms with van der Waals surface area (Å²) in [6.07, 6.45) is 2.23. The van der Waals surface area contributed by atoms with Gasteiger partial charge < -0.3 is 19.7 Å². The molecule has 0 saturated heterocycles. The third kappa shape index (κ3) is 9.67. The highest BCUT2D eigenvalue weighted by atomic mass is 16.5. The van der Waals surface area contributed by atoms with E-state index in [1.165, 1.54) is 0 Å². The van der Waals surface area contributed by atoms with Crippen molar-refractivity contribution >= 4 is 11.8 Å². The Balaban J connectivity index is 1.82. The third-order valence-electron chi connectivity index (χ3n) is 6.32. The van der Waals surface area contributed by atoms with Crippen molar-refractivity contribution in [3.8, 4) is 5.75 Å². The van der Waals surface area contributed by atoms with Gasteiger partial charge in [-0.15, -0.1) is 0 Å². The number of carbonyl (C=O) groups is 2. The Morgan fingerprint density at radius 1 is 0.842 bits per heavy atom. The quantitative estimate of drug-likeness (QED) is 0.282. The number of hydrogen-bond acceptors (Lipinski definition) is 4. The maximum absolute atomic E-state index is 13.7. The van der Waals surface area contributed by atoms with Crippen LogP contribution < -0.4 is 10.1 Å². The Labute approximate surface area is 227 Å². The SMILES string of the molecule is COc1ccc(CN(C(=O)CCc2ccccc2)C(Cc2ccccc2)C(=O)NCCCOC(C)C)cc1. The first-order chi connectivity index (χ1) is 18.5. The van der Waals surface area contributed by atoms with Gasteiger partial charge in [0.25, 0.3) is 0 Å². The molecule has 0 aromatic heterocycles. The fourth-order valence-corrected chi connectivity index (χ4v) is 4.24. The first-order valence-corrected chi connectivity index (χ1v) is 13.4. The van der Waals surface area contributed by atoms with Crippen molar-refractivity contribution < 1.29 is 19.1 Å². The van der Waals surface area contributed by atoms with Crippen molar-refractivity contribution in [2.75, 3.05) is 20.3 Å². The molecule has 1 atom stereocenters. The summed E-state index contributed by atoms with van der Waals surface area (Å²) in [6, 6.07) is 26.8. The van der Waals surface area contributed by atoms with Gasteiger partial charge in [0, 0.05) is 32.5 Å². The molecular weight excluding hydrogens is 476 g/mol. The van der Waals surface area contributed by atoms with Crippen molar-refractivity contribution in [2.24, 2.45) is 0 Å². The normalized spacial score (nSPS) is 11.7. The highest BCUT2D eigenvalue weighted by molar-refractivity contribution is 5.88. The van der Waals surface area contributed by atoms with E-state index in [2.05, 4.69) is 5.32 Å². The molecule has 6 nitrogen and oxygen atoms in total. The van der Waals surface area contributed by atoms with Crippen LogP contribution in [0.1, 0.15) is 43.4 Å². The maximum Gasteiger partial charge on any atom is 0.243 e. The molecule has 0 aliphatic heterocycles. The van der Waals surface area contributed by atoms with E-state index >= 15 is 0 Å². The molecule has 202 valence electrons. The second-order valence-corrected chi connectivity index (χ2v) is 9.62. The van der Waals surface area contributed by atoms with Gasteiger partial charge >= 0.3 is 0 Å². The van der Waals surface area contributed by atoms with Crippen molar-refractivity contribution in [1.29, 1.82) is 0 Å². The Morgan fingerprint density at radius 2 is 1.47 bits per heavy atom. The number of nitrogens with one attached hydrogen (secondary N) is 1. The fourth-order valence-electron chi connectivity index (χ4n) is 4.24. The van der Waals surface area contributed by atoms with Gasteiger partial charge in [0.2, 0.25) is 11.8 Å². The molecule has 0 radical (unpaired) electrons. The molecule has 0 spiro atoms. The molecule has 38 heavy (non-hydrogen) atoms. The fraction of sp³-hybridized carbons (Fsp3) is 0.375. The Morgan fingerprint density at radius 3 is 2.08 bits per heavy atom. The molecule has 0 aliphatic rings. The van der Waals surface area contributed by atoms with Gasteiger partial charge in [-0.05, 0) is 55.5 Å². The lowest BCUT2D eigenvalue weighted by Gasteiger charge is -2.32. The third-order valence-corrected chi connectivity index (χ3v) is 6.32. The molecular formula is C32H40N2O4. The first kappa shape index (κ1) is 28.9. The van der Waals surface area contributed by atoms with E-state index in [0.29, 0.717) is 45.4 Å². The number of carbonyl (C=O) groups excluding carboxylic acids is 2. The van der Waals surface area contributed by atoms with Crippen LogP contribution in [0.3, 0.4) is 0 Å². The van der Waals surface area contributed by atoms with E-state index in [0.717, 1.165) is 22.4 Å². The van der Waals surface area contributed by atoms with Crippen molar-refractivity contribution in [3.63, 3.8) is 0 Å². The van der Waals surface area contributed by atoms with E-state index in [9.17, 15) is 9.59 Å². The minimum atomic E-state index is -0.645. The number of methoxy groups -OCH3 is 1. The van der Waals surface area contributed by atoms with E-state index in [-0.39, 0.29) is 17.9 Å². The lowest BCUT2D eigenvalue weighted by molar-refractivity contribution is -0.141. The Bertz CT molecular complexity index is 1100. The predicted molar refractivity (Wildman–Crippen MR) is 151 cm³/mol. The van der Waals surface area contributed by atoms with Crippen LogP contribution in [0.25, 0.3) is 0 Å². The van der Waals surface area contributed by atoms with E-state index in [1.807, 2.05) is 98.8 Å². The van der Waals surface area contributed by atoms with Gasteiger partial charge in [-0.3, -0.25) is 9.59 Å². The largest absolute Gasteiger partial charge is 0.497 e. The molecule has 1 N–H and O–H groups in total. The molecule has 2 amide bonds. The highest BCUT2D eigenvalue weighted by Gasteiger charge is 2.30. The summed E-state index contributed by atoms with van der Waals surface area (Å²) in [7, 11) is 1.63. The number of rotatable bonds is 15. The van der Waals surface area contributed by atoms with E-state index in [1.54, 1.807) is 12.0 Å². The lowest BCUT2D eigenvalue weighted by Crippen LogP contribution is -2.50. The number of benzene rings is 3. The van der Waals surface area contributed by atoms with Crippen LogP contribution in [-0.4, -0.2) is 49.1 Å². The van der Waals surface area contributed by atoms with Gasteiger partial charge in [0.1, 0.15) is 11.8 Å². The van der Waals surface area contributed by atoms with Crippen LogP contribution in [0.15, 0.2) is 84.9 Å². The van der Waals surface area contributed by atoms with Gasteiger partial charge in [0.15, 0.2) is 0 Å².